The van der Waals surface area contributed by atoms with Crippen LogP contribution in [0.15, 0.2) is 12.3 Å². The molecule has 2 aromatic heterocycles. The van der Waals surface area contributed by atoms with E-state index in [2.05, 4.69) is 20.3 Å². The molecule has 2 aliphatic rings. The normalized spacial score (nSPS) is 24.0. The van der Waals surface area contributed by atoms with Crippen LogP contribution >= 0.6 is 11.6 Å². The smallest absolute Gasteiger partial charge is 0.223 e. The van der Waals surface area contributed by atoms with Gasteiger partial charge in [-0.05, 0) is 44.7 Å². The number of imidazole rings is 1. The molecule has 0 amide bonds. The highest BCUT2D eigenvalue weighted by molar-refractivity contribution is 6.33. The number of hydrogen-bond acceptors (Lipinski definition) is 7. The zero-order valence-corrected chi connectivity index (χ0v) is 18.6. The molecular formula is C22H25ClFN5O3. The van der Waals surface area contributed by atoms with Gasteiger partial charge in [0.25, 0.3) is 0 Å². The van der Waals surface area contributed by atoms with Crippen molar-refractivity contribution in [2.24, 2.45) is 0 Å². The van der Waals surface area contributed by atoms with Crippen molar-refractivity contribution in [2.45, 2.75) is 57.4 Å². The summed E-state index contributed by atoms with van der Waals surface area (Å²) in [6.07, 6.45) is 2.14. The molecule has 1 aromatic carbocycles. The number of aryl methyl sites for hydroxylation is 1. The summed E-state index contributed by atoms with van der Waals surface area (Å²) in [5.41, 5.74) is 2.83. The zero-order valence-electron chi connectivity index (χ0n) is 17.8. The number of aliphatic hydroxyl groups excluding tert-OH is 2. The minimum atomic E-state index is -0.817. The lowest BCUT2D eigenvalue weighted by Crippen LogP contribution is -2.42. The van der Waals surface area contributed by atoms with E-state index in [0.29, 0.717) is 53.0 Å². The van der Waals surface area contributed by atoms with Gasteiger partial charge in [0, 0.05) is 18.2 Å². The molecule has 0 radical (unpaired) electrons. The Kier molecular flexibility index (Phi) is 5.53. The Morgan fingerprint density at radius 2 is 2.16 bits per heavy atom. The summed E-state index contributed by atoms with van der Waals surface area (Å²) < 4.78 is 22.4. The van der Waals surface area contributed by atoms with Gasteiger partial charge in [0.15, 0.2) is 5.82 Å². The molecule has 4 heterocycles. The van der Waals surface area contributed by atoms with Crippen molar-refractivity contribution >= 4 is 28.6 Å². The maximum absolute atomic E-state index is 15.2. The number of aromatic nitrogens is 4. The number of aliphatic hydroxyl groups is 2. The van der Waals surface area contributed by atoms with Gasteiger partial charge in [-0.2, -0.15) is 0 Å². The maximum Gasteiger partial charge on any atom is 0.223 e. The van der Waals surface area contributed by atoms with Gasteiger partial charge in [-0.15, -0.1) is 0 Å². The first-order valence-electron chi connectivity index (χ1n) is 10.8. The quantitative estimate of drug-likeness (QED) is 0.546. The molecule has 0 saturated carbocycles. The average molecular weight is 462 g/mol. The summed E-state index contributed by atoms with van der Waals surface area (Å²) in [4.78, 5) is 13.3. The number of benzene rings is 1. The number of ether oxygens (including phenoxy) is 1. The number of anilines is 1. The molecule has 0 spiro atoms. The Balaban J connectivity index is 1.64. The first-order valence-corrected chi connectivity index (χ1v) is 11.2. The molecule has 4 atom stereocenters. The molecule has 2 aliphatic heterocycles. The van der Waals surface area contributed by atoms with Crippen LogP contribution in [0.4, 0.5) is 10.3 Å². The van der Waals surface area contributed by atoms with Gasteiger partial charge in [0.05, 0.1) is 41.2 Å². The van der Waals surface area contributed by atoms with Crippen LogP contribution < -0.4 is 5.32 Å². The molecule has 4 unspecified atom stereocenters. The SMILES string of the molecule is CC(O)c1nc2c(F)cc(-c3nc(NC4CCOCC4O)ncc3Cl)c3c2n1C(C)CC3. The van der Waals surface area contributed by atoms with E-state index in [9.17, 15) is 10.2 Å². The van der Waals surface area contributed by atoms with E-state index in [-0.39, 0.29) is 24.2 Å². The largest absolute Gasteiger partial charge is 0.389 e. The van der Waals surface area contributed by atoms with Crippen molar-refractivity contribution in [3.8, 4) is 11.3 Å². The van der Waals surface area contributed by atoms with Crippen LogP contribution in [0.1, 0.15) is 50.2 Å². The van der Waals surface area contributed by atoms with Crippen LogP contribution in [0.2, 0.25) is 5.02 Å². The van der Waals surface area contributed by atoms with E-state index in [1.165, 1.54) is 12.3 Å². The predicted molar refractivity (Wildman–Crippen MR) is 118 cm³/mol. The first kappa shape index (κ1) is 21.5. The van der Waals surface area contributed by atoms with Gasteiger partial charge in [-0.25, -0.2) is 19.3 Å². The minimum absolute atomic E-state index is 0.0832. The molecule has 32 heavy (non-hydrogen) atoms. The van der Waals surface area contributed by atoms with Crippen molar-refractivity contribution in [1.82, 2.24) is 19.5 Å². The second-order valence-corrected chi connectivity index (χ2v) is 8.96. The van der Waals surface area contributed by atoms with Crippen LogP contribution in [0.25, 0.3) is 22.3 Å². The fourth-order valence-corrected chi connectivity index (χ4v) is 4.88. The molecule has 0 aliphatic carbocycles. The third kappa shape index (κ3) is 3.53. The fourth-order valence-electron chi connectivity index (χ4n) is 4.68. The molecule has 170 valence electrons. The lowest BCUT2D eigenvalue weighted by atomic mass is 9.93. The molecule has 1 fully saturated rings. The lowest BCUT2D eigenvalue weighted by Gasteiger charge is -2.28. The highest BCUT2D eigenvalue weighted by Crippen LogP contribution is 2.41. The Bertz CT molecular complexity index is 1180. The van der Waals surface area contributed by atoms with Crippen molar-refractivity contribution in [2.75, 3.05) is 18.5 Å². The second-order valence-electron chi connectivity index (χ2n) is 8.56. The fraction of sp³-hybridized carbons (Fsp3) is 0.500. The molecule has 0 bridgehead atoms. The van der Waals surface area contributed by atoms with Gasteiger partial charge in [-0.1, -0.05) is 11.6 Å². The molecule has 10 heteroatoms. The van der Waals surface area contributed by atoms with Crippen molar-refractivity contribution < 1.29 is 19.3 Å². The van der Waals surface area contributed by atoms with Crippen LogP contribution in [-0.2, 0) is 11.2 Å². The third-order valence-corrected chi connectivity index (χ3v) is 6.59. The average Bonchev–Trinajstić information content (AvgIpc) is 3.18. The van der Waals surface area contributed by atoms with Gasteiger partial charge < -0.3 is 24.8 Å². The van der Waals surface area contributed by atoms with Gasteiger partial charge >= 0.3 is 0 Å². The Morgan fingerprint density at radius 3 is 2.91 bits per heavy atom. The van der Waals surface area contributed by atoms with E-state index < -0.39 is 18.0 Å². The van der Waals surface area contributed by atoms with E-state index in [0.717, 1.165) is 12.0 Å². The minimum Gasteiger partial charge on any atom is -0.389 e. The van der Waals surface area contributed by atoms with Gasteiger partial charge in [0.1, 0.15) is 17.4 Å². The first-order chi connectivity index (χ1) is 15.3. The maximum atomic E-state index is 15.2. The number of nitrogens with one attached hydrogen (secondary N) is 1. The molecule has 5 rings (SSSR count). The molecule has 3 N–H and O–H groups in total. The molecular weight excluding hydrogens is 437 g/mol. The van der Waals surface area contributed by atoms with Crippen LogP contribution in [0.5, 0.6) is 0 Å². The predicted octanol–water partition coefficient (Wildman–Crippen LogP) is 3.41. The summed E-state index contributed by atoms with van der Waals surface area (Å²) in [6.45, 7) is 4.46. The summed E-state index contributed by atoms with van der Waals surface area (Å²) >= 11 is 6.47. The van der Waals surface area contributed by atoms with Gasteiger partial charge in [-0.3, -0.25) is 0 Å². The Hall–Kier alpha value is -2.33. The second kappa shape index (κ2) is 8.22. The number of nitrogens with zero attached hydrogens (tertiary/aromatic N) is 4. The van der Waals surface area contributed by atoms with Crippen LogP contribution in [0, 0.1) is 5.82 Å². The highest BCUT2D eigenvalue weighted by atomic mass is 35.5. The Labute approximate surface area is 189 Å². The van der Waals surface area contributed by atoms with Crippen molar-refractivity contribution in [3.05, 3.63) is 34.5 Å². The van der Waals surface area contributed by atoms with Crippen molar-refractivity contribution in [1.29, 1.82) is 0 Å². The van der Waals surface area contributed by atoms with E-state index >= 15 is 4.39 Å². The Morgan fingerprint density at radius 1 is 1.34 bits per heavy atom. The van der Waals surface area contributed by atoms with Crippen molar-refractivity contribution in [3.63, 3.8) is 0 Å². The third-order valence-electron chi connectivity index (χ3n) is 6.31. The standard InChI is InChI=1S/C22H25ClFN5O3/c1-10-3-4-12-13(7-15(24)19-20(12)29(10)21(27-19)11(2)30)18-14(23)8-25-22(28-18)26-16-5-6-32-9-17(16)31/h7-8,10-11,16-17,30-31H,3-6,9H2,1-2H3,(H,25,26,28). The number of hydrogen-bond donors (Lipinski definition) is 3. The summed E-state index contributed by atoms with van der Waals surface area (Å²) in [6, 6.07) is 1.25. The zero-order chi connectivity index (χ0) is 22.6. The molecule has 3 aromatic rings. The van der Waals surface area contributed by atoms with E-state index in [4.69, 9.17) is 16.3 Å². The highest BCUT2D eigenvalue weighted by Gasteiger charge is 2.30. The summed E-state index contributed by atoms with van der Waals surface area (Å²) in [7, 11) is 0. The van der Waals surface area contributed by atoms with E-state index in [1.807, 2.05) is 11.5 Å². The molecule has 8 nitrogen and oxygen atoms in total. The molecule has 1 saturated heterocycles. The monoisotopic (exact) mass is 461 g/mol. The van der Waals surface area contributed by atoms with Crippen LogP contribution in [-0.4, -0.2) is 55.1 Å². The number of rotatable bonds is 4. The van der Waals surface area contributed by atoms with Gasteiger partial charge in [0.2, 0.25) is 5.95 Å². The summed E-state index contributed by atoms with van der Waals surface area (Å²) in [5, 5.41) is 23.8. The number of halogens is 2. The topological polar surface area (TPSA) is 105 Å². The van der Waals surface area contributed by atoms with Crippen LogP contribution in [0.3, 0.4) is 0 Å². The summed E-state index contributed by atoms with van der Waals surface area (Å²) in [5.74, 6) is 0.275. The van der Waals surface area contributed by atoms with E-state index in [1.54, 1.807) is 6.92 Å². The lowest BCUT2D eigenvalue weighted by molar-refractivity contribution is -0.0136.